The van der Waals surface area contributed by atoms with Gasteiger partial charge in [-0.05, 0) is 38.8 Å². The molecular formula is C18H31Cl2N3O. The third kappa shape index (κ3) is 5.83. The Morgan fingerprint density at radius 3 is 2.54 bits per heavy atom. The quantitative estimate of drug-likeness (QED) is 0.828. The van der Waals surface area contributed by atoms with E-state index in [4.69, 9.17) is 5.73 Å². The lowest BCUT2D eigenvalue weighted by atomic mass is 9.74. The zero-order chi connectivity index (χ0) is 16.2. The van der Waals surface area contributed by atoms with Crippen molar-refractivity contribution in [2.45, 2.75) is 51.1 Å². The molecule has 3 atom stereocenters. The summed E-state index contributed by atoms with van der Waals surface area (Å²) in [5.41, 5.74) is 7.10. The molecule has 1 aromatic rings. The third-order valence-electron chi connectivity index (χ3n) is 4.97. The molecule has 2 rings (SSSR count). The van der Waals surface area contributed by atoms with E-state index in [0.717, 1.165) is 31.4 Å². The summed E-state index contributed by atoms with van der Waals surface area (Å²) in [4.78, 5) is 14.7. The fourth-order valence-corrected chi connectivity index (χ4v) is 3.21. The number of nitrogens with zero attached hydrogens (tertiary/aromatic N) is 1. The zero-order valence-electron chi connectivity index (χ0n) is 14.8. The Balaban J connectivity index is 0.00000264. The van der Waals surface area contributed by atoms with Crippen molar-refractivity contribution in [1.82, 2.24) is 5.32 Å². The summed E-state index contributed by atoms with van der Waals surface area (Å²) < 4.78 is 0. The van der Waals surface area contributed by atoms with Gasteiger partial charge in [-0.15, -0.1) is 24.8 Å². The van der Waals surface area contributed by atoms with Crippen LogP contribution in [0, 0.1) is 5.92 Å². The van der Waals surface area contributed by atoms with Gasteiger partial charge in [-0.3, -0.25) is 4.79 Å². The molecule has 1 saturated carbocycles. The first-order valence-electron chi connectivity index (χ1n) is 8.26. The maximum Gasteiger partial charge on any atom is 0.225 e. The molecule has 1 aliphatic carbocycles. The molecule has 0 radical (unpaired) electrons. The van der Waals surface area contributed by atoms with Crippen molar-refractivity contribution in [3.8, 4) is 0 Å². The molecule has 138 valence electrons. The monoisotopic (exact) mass is 375 g/mol. The van der Waals surface area contributed by atoms with Crippen molar-refractivity contribution in [3.05, 3.63) is 30.3 Å². The van der Waals surface area contributed by atoms with Gasteiger partial charge >= 0.3 is 0 Å². The van der Waals surface area contributed by atoms with Crippen LogP contribution in [0.3, 0.4) is 0 Å². The Labute approximate surface area is 158 Å². The van der Waals surface area contributed by atoms with Crippen LogP contribution in [-0.4, -0.2) is 31.1 Å². The van der Waals surface area contributed by atoms with Gasteiger partial charge in [0.2, 0.25) is 5.91 Å². The molecule has 1 aliphatic rings. The van der Waals surface area contributed by atoms with Gasteiger partial charge in [0.25, 0.3) is 0 Å². The molecule has 0 saturated heterocycles. The number of anilines is 1. The van der Waals surface area contributed by atoms with Gasteiger partial charge in [0, 0.05) is 30.9 Å². The van der Waals surface area contributed by atoms with E-state index >= 15 is 0 Å². The van der Waals surface area contributed by atoms with E-state index < -0.39 is 0 Å². The Bertz CT molecular complexity index is 496. The van der Waals surface area contributed by atoms with Gasteiger partial charge in [-0.25, -0.2) is 0 Å². The summed E-state index contributed by atoms with van der Waals surface area (Å²) in [5.74, 6) is 0.0495. The van der Waals surface area contributed by atoms with Crippen molar-refractivity contribution in [2.24, 2.45) is 11.7 Å². The zero-order valence-corrected chi connectivity index (χ0v) is 16.5. The lowest BCUT2D eigenvalue weighted by Gasteiger charge is -2.37. The number of carbonyl (C=O) groups excluding carboxylic acids is 1. The van der Waals surface area contributed by atoms with Crippen LogP contribution in [0.25, 0.3) is 0 Å². The highest BCUT2D eigenvalue weighted by Gasteiger charge is 2.37. The Kier molecular flexibility index (Phi) is 9.71. The fraction of sp³-hybridized carbons (Fsp3) is 0.611. The molecule has 3 unspecified atom stereocenters. The molecule has 4 nitrogen and oxygen atoms in total. The molecule has 1 amide bonds. The molecule has 0 aliphatic heterocycles. The predicted molar refractivity (Wildman–Crippen MR) is 106 cm³/mol. The average molecular weight is 376 g/mol. The second-order valence-corrected chi connectivity index (χ2v) is 6.84. The highest BCUT2D eigenvalue weighted by molar-refractivity contribution is 5.85. The molecule has 1 fully saturated rings. The van der Waals surface area contributed by atoms with Crippen LogP contribution >= 0.6 is 24.8 Å². The number of nitrogens with one attached hydrogen (secondary N) is 1. The van der Waals surface area contributed by atoms with E-state index in [9.17, 15) is 4.79 Å². The minimum absolute atomic E-state index is 0. The predicted octanol–water partition coefficient (Wildman–Crippen LogP) is 3.38. The second-order valence-electron chi connectivity index (χ2n) is 6.84. The lowest BCUT2D eigenvalue weighted by Crippen LogP contribution is -2.54. The normalized spacial score (nSPS) is 24.1. The number of hydrogen-bond acceptors (Lipinski definition) is 3. The summed E-state index contributed by atoms with van der Waals surface area (Å²) in [7, 11) is 2.06. The first-order chi connectivity index (χ1) is 10.4. The summed E-state index contributed by atoms with van der Waals surface area (Å²) >= 11 is 0. The van der Waals surface area contributed by atoms with E-state index in [2.05, 4.69) is 36.3 Å². The highest BCUT2D eigenvalue weighted by Crippen LogP contribution is 2.31. The molecule has 24 heavy (non-hydrogen) atoms. The molecular weight excluding hydrogens is 345 g/mol. The summed E-state index contributed by atoms with van der Waals surface area (Å²) in [6.07, 6.45) is 4.07. The summed E-state index contributed by atoms with van der Waals surface area (Å²) in [6, 6.07) is 10.5. The summed E-state index contributed by atoms with van der Waals surface area (Å²) in [5, 5.41) is 3.10. The smallest absolute Gasteiger partial charge is 0.225 e. The Morgan fingerprint density at radius 2 is 1.96 bits per heavy atom. The Hall–Kier alpha value is -0.970. The van der Waals surface area contributed by atoms with Gasteiger partial charge < -0.3 is 16.0 Å². The maximum atomic E-state index is 12.5. The largest absolute Gasteiger partial charge is 0.370 e. The van der Waals surface area contributed by atoms with Gasteiger partial charge in [-0.1, -0.05) is 31.0 Å². The van der Waals surface area contributed by atoms with Gasteiger partial charge in [0.05, 0.1) is 5.92 Å². The van der Waals surface area contributed by atoms with Crippen LogP contribution in [0.1, 0.15) is 39.5 Å². The number of rotatable bonds is 5. The number of carbonyl (C=O) groups is 1. The number of nitrogens with two attached hydrogens (primary N) is 1. The molecule has 0 bridgehead atoms. The molecule has 0 heterocycles. The number of hydrogen-bond donors (Lipinski definition) is 2. The van der Waals surface area contributed by atoms with Crippen molar-refractivity contribution >= 4 is 36.4 Å². The van der Waals surface area contributed by atoms with Crippen LogP contribution in [-0.2, 0) is 4.79 Å². The topological polar surface area (TPSA) is 58.4 Å². The van der Waals surface area contributed by atoms with Crippen molar-refractivity contribution in [3.63, 3.8) is 0 Å². The summed E-state index contributed by atoms with van der Waals surface area (Å²) in [6.45, 7) is 4.77. The average Bonchev–Trinajstić information content (AvgIpc) is 2.52. The standard InChI is InChI=1S/C18H29N3O.2ClH/c1-14(21(3)15-9-5-4-6-10-15)13-20-17(22)16-11-7-8-12-18(16,2)19;;/h4-6,9-10,14,16H,7-8,11-13,19H2,1-3H3,(H,20,22);2*1H. The first-order valence-corrected chi connectivity index (χ1v) is 8.26. The first kappa shape index (κ1) is 23.0. The molecule has 0 aromatic heterocycles. The van der Waals surface area contributed by atoms with E-state index in [1.807, 2.05) is 25.1 Å². The third-order valence-corrected chi connectivity index (χ3v) is 4.97. The number of halogens is 2. The minimum atomic E-state index is -0.364. The Morgan fingerprint density at radius 1 is 1.33 bits per heavy atom. The van der Waals surface area contributed by atoms with Gasteiger partial charge in [0.1, 0.15) is 0 Å². The fourth-order valence-electron chi connectivity index (χ4n) is 3.21. The number of para-hydroxylation sites is 1. The number of amides is 1. The maximum absolute atomic E-state index is 12.5. The molecule has 0 spiro atoms. The molecule has 3 N–H and O–H groups in total. The molecule has 6 heteroatoms. The van der Waals surface area contributed by atoms with Crippen LogP contribution in [0.4, 0.5) is 5.69 Å². The van der Waals surface area contributed by atoms with E-state index in [-0.39, 0.29) is 48.2 Å². The minimum Gasteiger partial charge on any atom is -0.370 e. The highest BCUT2D eigenvalue weighted by atomic mass is 35.5. The van der Waals surface area contributed by atoms with Crippen LogP contribution in [0.15, 0.2) is 30.3 Å². The van der Waals surface area contributed by atoms with E-state index in [1.54, 1.807) is 0 Å². The second kappa shape index (κ2) is 10.1. The van der Waals surface area contributed by atoms with E-state index in [1.165, 1.54) is 0 Å². The van der Waals surface area contributed by atoms with Crippen molar-refractivity contribution in [2.75, 3.05) is 18.5 Å². The molecule has 1 aromatic carbocycles. The van der Waals surface area contributed by atoms with Crippen LogP contribution < -0.4 is 16.0 Å². The van der Waals surface area contributed by atoms with Crippen molar-refractivity contribution < 1.29 is 4.79 Å². The SMILES string of the molecule is CC(CNC(=O)C1CCCCC1(C)N)N(C)c1ccccc1.Cl.Cl. The van der Waals surface area contributed by atoms with E-state index in [0.29, 0.717) is 6.54 Å². The number of likely N-dealkylation sites (N-methyl/N-ethyl adjacent to an activating group) is 1. The van der Waals surface area contributed by atoms with Gasteiger partial charge in [-0.2, -0.15) is 0 Å². The lowest BCUT2D eigenvalue weighted by molar-refractivity contribution is -0.128. The van der Waals surface area contributed by atoms with Crippen molar-refractivity contribution in [1.29, 1.82) is 0 Å². The van der Waals surface area contributed by atoms with Gasteiger partial charge in [0.15, 0.2) is 0 Å². The number of benzene rings is 1. The van der Waals surface area contributed by atoms with Crippen LogP contribution in [0.5, 0.6) is 0 Å². The van der Waals surface area contributed by atoms with Crippen LogP contribution in [0.2, 0.25) is 0 Å².